The SMILES string of the molecule is Cc1nnc(SCCCOc2ccc(F)cc2)n1CCN. The zero-order valence-electron chi connectivity index (χ0n) is 12.0. The van der Waals surface area contributed by atoms with Gasteiger partial charge >= 0.3 is 0 Å². The third-order valence-electron chi connectivity index (χ3n) is 2.86. The Labute approximate surface area is 127 Å². The van der Waals surface area contributed by atoms with E-state index in [0.29, 0.717) is 18.9 Å². The van der Waals surface area contributed by atoms with Crippen molar-refractivity contribution in [2.75, 3.05) is 18.9 Å². The van der Waals surface area contributed by atoms with Gasteiger partial charge in [-0.2, -0.15) is 0 Å². The summed E-state index contributed by atoms with van der Waals surface area (Å²) in [6.07, 6.45) is 0.872. The molecule has 0 bridgehead atoms. The lowest BCUT2D eigenvalue weighted by Gasteiger charge is -2.07. The van der Waals surface area contributed by atoms with E-state index in [4.69, 9.17) is 10.5 Å². The van der Waals surface area contributed by atoms with Gasteiger partial charge in [0.15, 0.2) is 5.16 Å². The second-order valence-corrected chi connectivity index (χ2v) is 5.54. The first kappa shape index (κ1) is 15.8. The lowest BCUT2D eigenvalue weighted by atomic mass is 10.3. The standard InChI is InChI=1S/C14H19FN4OS/c1-11-17-18-14(19(11)8-7-16)21-10-2-9-20-13-5-3-12(15)4-6-13/h3-6H,2,7-10,16H2,1H3. The molecule has 0 aliphatic carbocycles. The average molecular weight is 310 g/mol. The minimum Gasteiger partial charge on any atom is -0.494 e. The summed E-state index contributed by atoms with van der Waals surface area (Å²) >= 11 is 1.64. The Balaban J connectivity index is 1.71. The van der Waals surface area contributed by atoms with Crippen LogP contribution >= 0.6 is 11.8 Å². The monoisotopic (exact) mass is 310 g/mol. The van der Waals surface area contributed by atoms with Crippen LogP contribution in [0.4, 0.5) is 4.39 Å². The third-order valence-corrected chi connectivity index (χ3v) is 3.91. The molecular weight excluding hydrogens is 291 g/mol. The molecule has 0 saturated heterocycles. The Bertz CT molecular complexity index is 559. The van der Waals surface area contributed by atoms with Gasteiger partial charge in [-0.15, -0.1) is 10.2 Å². The van der Waals surface area contributed by atoms with Crippen molar-refractivity contribution in [1.82, 2.24) is 14.8 Å². The van der Waals surface area contributed by atoms with Crippen LogP contribution in [0.15, 0.2) is 29.4 Å². The molecule has 114 valence electrons. The van der Waals surface area contributed by atoms with E-state index in [9.17, 15) is 4.39 Å². The Hall–Kier alpha value is -1.60. The zero-order valence-corrected chi connectivity index (χ0v) is 12.8. The first-order valence-corrected chi connectivity index (χ1v) is 7.80. The van der Waals surface area contributed by atoms with E-state index in [2.05, 4.69) is 10.2 Å². The number of aryl methyl sites for hydroxylation is 1. The molecule has 2 N–H and O–H groups in total. The summed E-state index contributed by atoms with van der Waals surface area (Å²) in [5.41, 5.74) is 5.58. The van der Waals surface area contributed by atoms with Gasteiger partial charge in [0.05, 0.1) is 6.61 Å². The summed E-state index contributed by atoms with van der Waals surface area (Å²) in [5.74, 6) is 2.19. The molecule has 0 aliphatic heterocycles. The predicted molar refractivity (Wildman–Crippen MR) is 81.0 cm³/mol. The molecule has 0 fully saturated rings. The van der Waals surface area contributed by atoms with Crippen molar-refractivity contribution in [2.45, 2.75) is 25.0 Å². The fourth-order valence-corrected chi connectivity index (χ4v) is 2.72. The molecule has 0 radical (unpaired) electrons. The maximum absolute atomic E-state index is 12.7. The van der Waals surface area contributed by atoms with Crippen molar-refractivity contribution >= 4 is 11.8 Å². The third kappa shape index (κ3) is 4.71. The van der Waals surface area contributed by atoms with E-state index in [1.54, 1.807) is 23.9 Å². The molecule has 0 unspecified atom stereocenters. The number of hydrogen-bond donors (Lipinski definition) is 1. The Morgan fingerprint density at radius 2 is 2.05 bits per heavy atom. The van der Waals surface area contributed by atoms with Crippen LogP contribution < -0.4 is 10.5 Å². The Morgan fingerprint density at radius 3 is 2.76 bits per heavy atom. The van der Waals surface area contributed by atoms with Crippen molar-refractivity contribution in [2.24, 2.45) is 5.73 Å². The first-order valence-electron chi connectivity index (χ1n) is 6.81. The second kappa shape index (κ2) is 7.99. The summed E-state index contributed by atoms with van der Waals surface area (Å²) in [5, 5.41) is 9.09. The van der Waals surface area contributed by atoms with Crippen LogP contribution in [0.1, 0.15) is 12.2 Å². The van der Waals surface area contributed by atoms with Crippen LogP contribution in [0.5, 0.6) is 5.75 Å². The van der Waals surface area contributed by atoms with E-state index in [-0.39, 0.29) is 5.82 Å². The molecule has 2 aromatic rings. The van der Waals surface area contributed by atoms with Crippen LogP contribution in [0.25, 0.3) is 0 Å². The van der Waals surface area contributed by atoms with E-state index < -0.39 is 0 Å². The molecule has 0 aliphatic rings. The molecule has 7 heteroatoms. The highest BCUT2D eigenvalue weighted by atomic mass is 32.2. The summed E-state index contributed by atoms with van der Waals surface area (Å²) in [6, 6.07) is 6.04. The number of halogens is 1. The van der Waals surface area contributed by atoms with Gasteiger partial charge in [-0.1, -0.05) is 11.8 Å². The van der Waals surface area contributed by atoms with Crippen LogP contribution in [-0.4, -0.2) is 33.7 Å². The summed E-state index contributed by atoms with van der Waals surface area (Å²) < 4.78 is 20.3. The lowest BCUT2D eigenvalue weighted by Crippen LogP contribution is -2.12. The molecular formula is C14H19FN4OS. The fraction of sp³-hybridized carbons (Fsp3) is 0.429. The van der Waals surface area contributed by atoms with E-state index in [1.807, 2.05) is 11.5 Å². The number of nitrogens with two attached hydrogens (primary N) is 1. The molecule has 0 saturated carbocycles. The maximum atomic E-state index is 12.7. The van der Waals surface area contributed by atoms with Crippen molar-refractivity contribution in [3.63, 3.8) is 0 Å². The topological polar surface area (TPSA) is 66.0 Å². The molecule has 0 amide bonds. The predicted octanol–water partition coefficient (Wildman–Crippen LogP) is 2.25. The van der Waals surface area contributed by atoms with Crippen molar-refractivity contribution in [3.8, 4) is 5.75 Å². The van der Waals surface area contributed by atoms with Gasteiger partial charge in [-0.25, -0.2) is 4.39 Å². The molecule has 0 atom stereocenters. The van der Waals surface area contributed by atoms with Gasteiger partial charge < -0.3 is 15.0 Å². The second-order valence-electron chi connectivity index (χ2n) is 4.47. The van der Waals surface area contributed by atoms with Crippen LogP contribution in [0.2, 0.25) is 0 Å². The first-order chi connectivity index (χ1) is 10.2. The summed E-state index contributed by atoms with van der Waals surface area (Å²) in [6.45, 7) is 3.81. The normalized spacial score (nSPS) is 10.8. The van der Waals surface area contributed by atoms with Gasteiger partial charge in [0.25, 0.3) is 0 Å². The van der Waals surface area contributed by atoms with Gasteiger partial charge in [0.2, 0.25) is 0 Å². The largest absolute Gasteiger partial charge is 0.494 e. The van der Waals surface area contributed by atoms with Crippen molar-refractivity contribution in [3.05, 3.63) is 35.9 Å². The minimum absolute atomic E-state index is 0.257. The highest BCUT2D eigenvalue weighted by Crippen LogP contribution is 2.18. The fourth-order valence-electron chi connectivity index (χ4n) is 1.80. The van der Waals surface area contributed by atoms with Gasteiger partial charge in [0.1, 0.15) is 17.4 Å². The molecule has 5 nitrogen and oxygen atoms in total. The highest BCUT2D eigenvalue weighted by molar-refractivity contribution is 7.99. The smallest absolute Gasteiger partial charge is 0.191 e. The maximum Gasteiger partial charge on any atom is 0.191 e. The lowest BCUT2D eigenvalue weighted by molar-refractivity contribution is 0.318. The number of rotatable bonds is 8. The minimum atomic E-state index is -0.257. The zero-order chi connectivity index (χ0) is 15.1. The number of nitrogens with zero attached hydrogens (tertiary/aromatic N) is 3. The molecule has 1 heterocycles. The van der Waals surface area contributed by atoms with Gasteiger partial charge in [-0.05, 0) is 37.6 Å². The molecule has 1 aromatic carbocycles. The van der Waals surface area contributed by atoms with Gasteiger partial charge in [0, 0.05) is 18.8 Å². The van der Waals surface area contributed by atoms with Crippen LogP contribution in [-0.2, 0) is 6.54 Å². The summed E-state index contributed by atoms with van der Waals surface area (Å²) in [7, 11) is 0. The number of benzene rings is 1. The van der Waals surface area contributed by atoms with Crippen molar-refractivity contribution < 1.29 is 9.13 Å². The number of hydrogen-bond acceptors (Lipinski definition) is 5. The number of thioether (sulfide) groups is 1. The van der Waals surface area contributed by atoms with E-state index in [1.165, 1.54) is 12.1 Å². The molecule has 1 aromatic heterocycles. The van der Waals surface area contributed by atoms with E-state index in [0.717, 1.165) is 29.7 Å². The van der Waals surface area contributed by atoms with E-state index >= 15 is 0 Å². The highest BCUT2D eigenvalue weighted by Gasteiger charge is 2.08. The molecule has 0 spiro atoms. The Kier molecular flexibility index (Phi) is 6.01. The quantitative estimate of drug-likeness (QED) is 0.598. The van der Waals surface area contributed by atoms with Crippen LogP contribution in [0.3, 0.4) is 0 Å². The Morgan fingerprint density at radius 1 is 1.29 bits per heavy atom. The molecule has 2 rings (SSSR count). The average Bonchev–Trinajstić information content (AvgIpc) is 2.82. The molecule has 21 heavy (non-hydrogen) atoms. The van der Waals surface area contributed by atoms with Gasteiger partial charge in [-0.3, -0.25) is 0 Å². The summed E-state index contributed by atoms with van der Waals surface area (Å²) in [4.78, 5) is 0. The number of ether oxygens (including phenoxy) is 1. The van der Waals surface area contributed by atoms with Crippen molar-refractivity contribution in [1.29, 1.82) is 0 Å². The van der Waals surface area contributed by atoms with Crippen LogP contribution in [0, 0.1) is 12.7 Å². The number of aromatic nitrogens is 3.